The monoisotopic (exact) mass is 306 g/mol. The second kappa shape index (κ2) is 5.88. The van der Waals surface area contributed by atoms with Gasteiger partial charge in [-0.05, 0) is 42.8 Å². The number of carbonyl (C=O) groups is 2. The predicted octanol–water partition coefficient (Wildman–Crippen LogP) is 3.19. The molecule has 0 spiro atoms. The van der Waals surface area contributed by atoms with Gasteiger partial charge in [0.25, 0.3) is 5.91 Å². The van der Waals surface area contributed by atoms with E-state index in [-0.39, 0.29) is 11.5 Å². The average Bonchev–Trinajstić information content (AvgIpc) is 2.84. The number of hydrazone groups is 1. The zero-order chi connectivity index (χ0) is 16.4. The van der Waals surface area contributed by atoms with E-state index in [1.807, 2.05) is 30.3 Å². The van der Waals surface area contributed by atoms with Crippen LogP contribution in [0.1, 0.15) is 22.8 Å². The van der Waals surface area contributed by atoms with Crippen LogP contribution in [0.15, 0.2) is 65.3 Å². The van der Waals surface area contributed by atoms with Gasteiger partial charge in [0.05, 0.1) is 22.5 Å². The van der Waals surface area contributed by atoms with Gasteiger partial charge in [0.15, 0.2) is 0 Å². The average molecular weight is 306 g/mol. The highest BCUT2D eigenvalue weighted by Crippen LogP contribution is 2.24. The Morgan fingerprint density at radius 1 is 1.09 bits per heavy atom. The molecule has 2 aromatic carbocycles. The van der Waals surface area contributed by atoms with Gasteiger partial charge in [-0.2, -0.15) is 10.1 Å². The lowest BCUT2D eigenvalue weighted by Gasteiger charge is -2.11. The van der Waals surface area contributed by atoms with Crippen molar-refractivity contribution in [3.05, 3.63) is 71.3 Å². The molecule has 0 saturated heterocycles. The SMILES string of the molecule is CC1=NN(c2ccccc2)C(=O)/C1=C\c1ccc(C(=O)O)cc1. The summed E-state index contributed by atoms with van der Waals surface area (Å²) in [6.45, 7) is 1.78. The fourth-order valence-electron chi connectivity index (χ4n) is 2.32. The van der Waals surface area contributed by atoms with Crippen molar-refractivity contribution in [3.8, 4) is 0 Å². The summed E-state index contributed by atoms with van der Waals surface area (Å²) < 4.78 is 0. The van der Waals surface area contributed by atoms with E-state index >= 15 is 0 Å². The molecule has 23 heavy (non-hydrogen) atoms. The molecule has 1 N–H and O–H groups in total. The number of amides is 1. The van der Waals surface area contributed by atoms with Crippen LogP contribution in [0.4, 0.5) is 5.69 Å². The van der Waals surface area contributed by atoms with E-state index in [1.54, 1.807) is 25.1 Å². The third-order valence-corrected chi connectivity index (χ3v) is 3.53. The molecular weight excluding hydrogens is 292 g/mol. The first kappa shape index (κ1) is 14.7. The van der Waals surface area contributed by atoms with Gasteiger partial charge >= 0.3 is 5.97 Å². The first-order valence-corrected chi connectivity index (χ1v) is 7.06. The Kier molecular flexibility index (Phi) is 3.76. The third kappa shape index (κ3) is 2.89. The first-order chi connectivity index (χ1) is 11.1. The van der Waals surface area contributed by atoms with Crippen molar-refractivity contribution in [3.63, 3.8) is 0 Å². The van der Waals surface area contributed by atoms with Crippen molar-refractivity contribution in [2.75, 3.05) is 5.01 Å². The van der Waals surface area contributed by atoms with Crippen LogP contribution in [0.5, 0.6) is 0 Å². The number of hydrogen-bond donors (Lipinski definition) is 1. The van der Waals surface area contributed by atoms with Gasteiger partial charge in [0, 0.05) is 0 Å². The standard InChI is InChI=1S/C18H14N2O3/c1-12-16(11-13-7-9-14(10-8-13)18(22)23)17(21)20(19-12)15-5-3-2-4-6-15/h2-11H,1H3,(H,22,23)/b16-11-. The summed E-state index contributed by atoms with van der Waals surface area (Å²) in [6, 6.07) is 15.6. The van der Waals surface area contributed by atoms with Crippen molar-refractivity contribution in [2.24, 2.45) is 5.10 Å². The molecule has 1 aliphatic heterocycles. The van der Waals surface area contributed by atoms with Crippen LogP contribution in [0.2, 0.25) is 0 Å². The number of carboxylic acid groups (broad SMARTS) is 1. The van der Waals surface area contributed by atoms with Crippen molar-refractivity contribution < 1.29 is 14.7 Å². The Labute approximate surface area is 133 Å². The van der Waals surface area contributed by atoms with Gasteiger partial charge in [-0.25, -0.2) is 4.79 Å². The molecule has 114 valence electrons. The Balaban J connectivity index is 1.90. The van der Waals surface area contributed by atoms with Crippen LogP contribution in [-0.2, 0) is 4.79 Å². The van der Waals surface area contributed by atoms with Crippen LogP contribution in [0, 0.1) is 0 Å². The van der Waals surface area contributed by atoms with Crippen LogP contribution >= 0.6 is 0 Å². The summed E-state index contributed by atoms with van der Waals surface area (Å²) in [4.78, 5) is 23.4. The van der Waals surface area contributed by atoms with Crippen LogP contribution in [-0.4, -0.2) is 22.7 Å². The number of benzene rings is 2. The topological polar surface area (TPSA) is 70.0 Å². The minimum absolute atomic E-state index is 0.198. The van der Waals surface area contributed by atoms with Gasteiger partial charge in [0.1, 0.15) is 0 Å². The molecule has 0 bridgehead atoms. The Bertz CT molecular complexity index is 821. The zero-order valence-electron chi connectivity index (χ0n) is 12.4. The maximum atomic E-state index is 12.5. The first-order valence-electron chi connectivity index (χ1n) is 7.06. The highest BCUT2D eigenvalue weighted by molar-refractivity contribution is 6.32. The number of para-hydroxylation sites is 1. The fourth-order valence-corrected chi connectivity index (χ4v) is 2.32. The van der Waals surface area contributed by atoms with Gasteiger partial charge in [0.2, 0.25) is 0 Å². The van der Waals surface area contributed by atoms with Crippen molar-refractivity contribution in [2.45, 2.75) is 6.92 Å². The predicted molar refractivity (Wildman–Crippen MR) is 88.4 cm³/mol. The quantitative estimate of drug-likeness (QED) is 0.885. The molecule has 3 rings (SSSR count). The van der Waals surface area contributed by atoms with Crippen LogP contribution < -0.4 is 5.01 Å². The second-order valence-corrected chi connectivity index (χ2v) is 5.12. The fraction of sp³-hybridized carbons (Fsp3) is 0.0556. The van der Waals surface area contributed by atoms with E-state index in [1.165, 1.54) is 17.1 Å². The molecule has 5 nitrogen and oxygen atoms in total. The largest absolute Gasteiger partial charge is 0.478 e. The molecule has 5 heteroatoms. The van der Waals surface area contributed by atoms with Crippen molar-refractivity contribution >= 4 is 29.4 Å². The minimum Gasteiger partial charge on any atom is -0.478 e. The van der Waals surface area contributed by atoms with Crippen LogP contribution in [0.3, 0.4) is 0 Å². The molecule has 0 saturated carbocycles. The van der Waals surface area contributed by atoms with Gasteiger partial charge in [-0.15, -0.1) is 0 Å². The van der Waals surface area contributed by atoms with E-state index in [0.29, 0.717) is 17.0 Å². The maximum absolute atomic E-state index is 12.5. The van der Waals surface area contributed by atoms with E-state index in [4.69, 9.17) is 5.11 Å². The number of nitrogens with zero attached hydrogens (tertiary/aromatic N) is 2. The zero-order valence-corrected chi connectivity index (χ0v) is 12.4. The number of rotatable bonds is 3. The highest BCUT2D eigenvalue weighted by Gasteiger charge is 2.28. The van der Waals surface area contributed by atoms with E-state index < -0.39 is 5.97 Å². The second-order valence-electron chi connectivity index (χ2n) is 5.12. The van der Waals surface area contributed by atoms with E-state index in [2.05, 4.69) is 5.10 Å². The van der Waals surface area contributed by atoms with Crippen molar-refractivity contribution in [1.29, 1.82) is 0 Å². The normalized spacial score (nSPS) is 15.9. The van der Waals surface area contributed by atoms with Gasteiger partial charge in [-0.1, -0.05) is 30.3 Å². The molecule has 0 aliphatic carbocycles. The summed E-state index contributed by atoms with van der Waals surface area (Å²) in [5, 5.41) is 14.6. The van der Waals surface area contributed by atoms with E-state index in [9.17, 15) is 9.59 Å². The Morgan fingerprint density at radius 2 is 1.74 bits per heavy atom. The number of carboxylic acids is 1. The summed E-state index contributed by atoms with van der Waals surface area (Å²) in [5.74, 6) is -1.18. The molecular formula is C18H14N2O3. The smallest absolute Gasteiger partial charge is 0.335 e. The van der Waals surface area contributed by atoms with Crippen LogP contribution in [0.25, 0.3) is 6.08 Å². The molecule has 0 atom stereocenters. The molecule has 1 heterocycles. The highest BCUT2D eigenvalue weighted by atomic mass is 16.4. The third-order valence-electron chi connectivity index (χ3n) is 3.53. The lowest BCUT2D eigenvalue weighted by Crippen LogP contribution is -2.21. The number of aromatic carboxylic acids is 1. The summed E-state index contributed by atoms with van der Waals surface area (Å²) in [7, 11) is 0. The lowest BCUT2D eigenvalue weighted by atomic mass is 10.1. The molecule has 0 aromatic heterocycles. The Morgan fingerprint density at radius 3 is 2.35 bits per heavy atom. The molecule has 1 amide bonds. The molecule has 2 aromatic rings. The van der Waals surface area contributed by atoms with E-state index in [0.717, 1.165) is 5.56 Å². The van der Waals surface area contributed by atoms with Gasteiger partial charge in [-0.3, -0.25) is 4.79 Å². The van der Waals surface area contributed by atoms with Gasteiger partial charge < -0.3 is 5.11 Å². The summed E-state index contributed by atoms with van der Waals surface area (Å²) >= 11 is 0. The number of carbonyl (C=O) groups excluding carboxylic acids is 1. The number of hydrogen-bond acceptors (Lipinski definition) is 3. The number of anilines is 1. The molecule has 0 fully saturated rings. The summed E-state index contributed by atoms with van der Waals surface area (Å²) in [6.07, 6.45) is 1.72. The maximum Gasteiger partial charge on any atom is 0.335 e. The minimum atomic E-state index is -0.978. The van der Waals surface area contributed by atoms with Crippen molar-refractivity contribution in [1.82, 2.24) is 0 Å². The molecule has 0 unspecified atom stereocenters. The molecule has 0 radical (unpaired) electrons. The molecule has 1 aliphatic rings. The Hall–Kier alpha value is -3.21. The lowest BCUT2D eigenvalue weighted by molar-refractivity contribution is -0.114. The summed E-state index contributed by atoms with van der Waals surface area (Å²) in [5.41, 5.74) is 2.79.